The van der Waals surface area contributed by atoms with Crippen LogP contribution in [0, 0.1) is 5.92 Å². The van der Waals surface area contributed by atoms with Gasteiger partial charge in [0.1, 0.15) is 5.69 Å². The molecule has 0 amide bonds. The van der Waals surface area contributed by atoms with Crippen molar-refractivity contribution in [1.82, 2.24) is 15.1 Å². The SMILES string of the molecule is OC1CCCCC1Cc1nc(-c2ccccn2)no1. The summed E-state index contributed by atoms with van der Waals surface area (Å²) < 4.78 is 5.26. The minimum Gasteiger partial charge on any atom is -0.393 e. The van der Waals surface area contributed by atoms with E-state index in [1.54, 1.807) is 6.20 Å². The zero-order valence-corrected chi connectivity index (χ0v) is 10.7. The van der Waals surface area contributed by atoms with E-state index in [0.717, 1.165) is 19.3 Å². The Hall–Kier alpha value is -1.75. The molecule has 3 rings (SSSR count). The fourth-order valence-electron chi connectivity index (χ4n) is 2.59. The molecule has 0 aromatic carbocycles. The van der Waals surface area contributed by atoms with Gasteiger partial charge in [0.05, 0.1) is 6.10 Å². The van der Waals surface area contributed by atoms with Crippen molar-refractivity contribution in [1.29, 1.82) is 0 Å². The summed E-state index contributed by atoms with van der Waals surface area (Å²) in [5.41, 5.74) is 0.710. The summed E-state index contributed by atoms with van der Waals surface area (Å²) in [6, 6.07) is 5.59. The van der Waals surface area contributed by atoms with E-state index in [4.69, 9.17) is 4.52 Å². The number of aliphatic hydroxyl groups excluding tert-OH is 1. The lowest BCUT2D eigenvalue weighted by molar-refractivity contribution is 0.0657. The van der Waals surface area contributed by atoms with Crippen molar-refractivity contribution in [2.75, 3.05) is 0 Å². The molecule has 2 unspecified atom stereocenters. The molecule has 0 saturated heterocycles. The maximum atomic E-state index is 9.95. The van der Waals surface area contributed by atoms with Crippen molar-refractivity contribution in [3.8, 4) is 11.5 Å². The molecule has 1 aliphatic rings. The molecule has 0 bridgehead atoms. The third-order valence-corrected chi connectivity index (χ3v) is 3.67. The Kier molecular flexibility index (Phi) is 3.55. The van der Waals surface area contributed by atoms with E-state index in [0.29, 0.717) is 23.8 Å². The van der Waals surface area contributed by atoms with Gasteiger partial charge in [-0.3, -0.25) is 4.98 Å². The molecule has 2 atom stereocenters. The Balaban J connectivity index is 1.71. The Bertz CT molecular complexity index is 526. The highest BCUT2D eigenvalue weighted by atomic mass is 16.5. The highest BCUT2D eigenvalue weighted by Crippen LogP contribution is 2.27. The lowest BCUT2D eigenvalue weighted by Gasteiger charge is -2.26. The van der Waals surface area contributed by atoms with Crippen LogP contribution in [0.3, 0.4) is 0 Å². The number of hydrogen-bond donors (Lipinski definition) is 1. The lowest BCUT2D eigenvalue weighted by Crippen LogP contribution is -2.26. The van der Waals surface area contributed by atoms with E-state index >= 15 is 0 Å². The Morgan fingerprint density at radius 3 is 2.95 bits per heavy atom. The summed E-state index contributed by atoms with van der Waals surface area (Å²) >= 11 is 0. The molecule has 2 heterocycles. The minimum atomic E-state index is -0.237. The summed E-state index contributed by atoms with van der Waals surface area (Å²) in [5, 5.41) is 13.9. The second-order valence-corrected chi connectivity index (χ2v) is 5.04. The first-order valence-corrected chi connectivity index (χ1v) is 6.75. The van der Waals surface area contributed by atoms with Gasteiger partial charge in [-0.15, -0.1) is 0 Å². The highest BCUT2D eigenvalue weighted by Gasteiger charge is 2.25. The summed E-state index contributed by atoms with van der Waals surface area (Å²) in [4.78, 5) is 8.55. The van der Waals surface area contributed by atoms with Crippen LogP contribution < -0.4 is 0 Å². The maximum Gasteiger partial charge on any atom is 0.227 e. The second-order valence-electron chi connectivity index (χ2n) is 5.04. The normalized spacial score (nSPS) is 23.4. The smallest absolute Gasteiger partial charge is 0.227 e. The fraction of sp³-hybridized carbons (Fsp3) is 0.500. The van der Waals surface area contributed by atoms with Crippen LogP contribution >= 0.6 is 0 Å². The van der Waals surface area contributed by atoms with E-state index in [2.05, 4.69) is 15.1 Å². The molecule has 1 saturated carbocycles. The number of aromatic nitrogens is 3. The second kappa shape index (κ2) is 5.48. The predicted octanol–water partition coefficient (Wildman–Crippen LogP) is 2.23. The van der Waals surface area contributed by atoms with Gasteiger partial charge in [-0.05, 0) is 30.9 Å². The van der Waals surface area contributed by atoms with E-state index in [9.17, 15) is 5.11 Å². The molecule has 0 spiro atoms. The van der Waals surface area contributed by atoms with Crippen LogP contribution in [0.2, 0.25) is 0 Å². The Labute approximate surface area is 111 Å². The summed E-state index contributed by atoms with van der Waals surface area (Å²) in [6.45, 7) is 0. The molecular weight excluding hydrogens is 242 g/mol. The van der Waals surface area contributed by atoms with Crippen LogP contribution in [0.1, 0.15) is 31.6 Å². The van der Waals surface area contributed by atoms with Gasteiger partial charge in [0.25, 0.3) is 0 Å². The molecule has 19 heavy (non-hydrogen) atoms. The van der Waals surface area contributed by atoms with Crippen molar-refractivity contribution in [2.24, 2.45) is 5.92 Å². The molecule has 1 N–H and O–H groups in total. The predicted molar refractivity (Wildman–Crippen MR) is 69.2 cm³/mol. The van der Waals surface area contributed by atoms with E-state index in [-0.39, 0.29) is 12.0 Å². The number of pyridine rings is 1. The van der Waals surface area contributed by atoms with Crippen molar-refractivity contribution in [2.45, 2.75) is 38.2 Å². The average molecular weight is 259 g/mol. The van der Waals surface area contributed by atoms with Crippen molar-refractivity contribution in [3.05, 3.63) is 30.3 Å². The van der Waals surface area contributed by atoms with Crippen molar-refractivity contribution < 1.29 is 9.63 Å². The molecule has 1 fully saturated rings. The van der Waals surface area contributed by atoms with Crippen molar-refractivity contribution in [3.63, 3.8) is 0 Å². The van der Waals surface area contributed by atoms with Crippen LogP contribution in [-0.4, -0.2) is 26.3 Å². The van der Waals surface area contributed by atoms with Gasteiger partial charge in [-0.2, -0.15) is 4.98 Å². The first-order chi connectivity index (χ1) is 9.33. The third kappa shape index (κ3) is 2.81. The van der Waals surface area contributed by atoms with Gasteiger partial charge in [0.15, 0.2) is 0 Å². The zero-order chi connectivity index (χ0) is 13.1. The molecule has 2 aromatic rings. The molecule has 100 valence electrons. The topological polar surface area (TPSA) is 72.0 Å². The van der Waals surface area contributed by atoms with Crippen LogP contribution in [0.25, 0.3) is 11.5 Å². The van der Waals surface area contributed by atoms with Gasteiger partial charge in [-0.25, -0.2) is 0 Å². The number of rotatable bonds is 3. The maximum absolute atomic E-state index is 9.95. The Morgan fingerprint density at radius 2 is 2.16 bits per heavy atom. The number of nitrogens with zero attached hydrogens (tertiary/aromatic N) is 3. The van der Waals surface area contributed by atoms with Gasteiger partial charge in [-0.1, -0.05) is 24.1 Å². The minimum absolute atomic E-state index is 0.237. The Morgan fingerprint density at radius 1 is 1.26 bits per heavy atom. The molecular formula is C14H17N3O2. The third-order valence-electron chi connectivity index (χ3n) is 3.67. The molecule has 1 aliphatic carbocycles. The van der Waals surface area contributed by atoms with Gasteiger partial charge in [0.2, 0.25) is 11.7 Å². The molecule has 0 radical (unpaired) electrons. The van der Waals surface area contributed by atoms with E-state index in [1.165, 1.54) is 6.42 Å². The standard InChI is InChI=1S/C14H17N3O2/c18-12-7-2-1-5-10(12)9-13-16-14(17-19-13)11-6-3-4-8-15-11/h3-4,6,8,10,12,18H,1-2,5,7,9H2. The van der Waals surface area contributed by atoms with Crippen LogP contribution in [0.4, 0.5) is 0 Å². The van der Waals surface area contributed by atoms with Crippen LogP contribution in [0.15, 0.2) is 28.9 Å². The number of aliphatic hydroxyl groups is 1. The monoisotopic (exact) mass is 259 g/mol. The highest BCUT2D eigenvalue weighted by molar-refractivity contribution is 5.46. The average Bonchev–Trinajstić information content (AvgIpc) is 2.91. The quantitative estimate of drug-likeness (QED) is 0.915. The van der Waals surface area contributed by atoms with Crippen molar-refractivity contribution >= 4 is 0 Å². The summed E-state index contributed by atoms with van der Waals surface area (Å²) in [7, 11) is 0. The van der Waals surface area contributed by atoms with Gasteiger partial charge < -0.3 is 9.63 Å². The molecule has 5 heteroatoms. The molecule has 0 aliphatic heterocycles. The van der Waals surface area contributed by atoms with Gasteiger partial charge in [0, 0.05) is 12.6 Å². The number of hydrogen-bond acceptors (Lipinski definition) is 5. The fourth-order valence-corrected chi connectivity index (χ4v) is 2.59. The molecule has 2 aromatic heterocycles. The summed E-state index contributed by atoms with van der Waals surface area (Å²) in [6.07, 6.45) is 6.31. The van der Waals surface area contributed by atoms with Crippen LogP contribution in [-0.2, 0) is 6.42 Å². The summed E-state index contributed by atoms with van der Waals surface area (Å²) in [5.74, 6) is 1.35. The van der Waals surface area contributed by atoms with E-state index in [1.807, 2.05) is 18.2 Å². The lowest BCUT2D eigenvalue weighted by atomic mass is 9.84. The zero-order valence-electron chi connectivity index (χ0n) is 10.7. The largest absolute Gasteiger partial charge is 0.393 e. The van der Waals surface area contributed by atoms with E-state index < -0.39 is 0 Å². The first-order valence-electron chi connectivity index (χ1n) is 6.75. The molecule has 5 nitrogen and oxygen atoms in total. The first kappa shape index (κ1) is 12.3. The van der Waals surface area contributed by atoms with Gasteiger partial charge >= 0.3 is 0 Å². The van der Waals surface area contributed by atoms with Crippen LogP contribution in [0.5, 0.6) is 0 Å².